The number of rotatable bonds is 5. The molecule has 2 heterocycles. The van der Waals surface area contributed by atoms with Crippen LogP contribution in [0, 0.1) is 0 Å². The third kappa shape index (κ3) is 4.74. The van der Waals surface area contributed by atoms with Crippen LogP contribution in [-0.2, 0) is 0 Å². The summed E-state index contributed by atoms with van der Waals surface area (Å²) in [5, 5.41) is 20.5. The summed E-state index contributed by atoms with van der Waals surface area (Å²) in [6.45, 7) is 5.91. The Labute approximate surface area is 147 Å². The van der Waals surface area contributed by atoms with Crippen LogP contribution in [0.5, 0.6) is 0 Å². The number of aliphatic hydroxyl groups is 1. The van der Waals surface area contributed by atoms with Gasteiger partial charge in [-0.05, 0) is 31.2 Å². The van der Waals surface area contributed by atoms with E-state index in [4.69, 9.17) is 0 Å². The van der Waals surface area contributed by atoms with Gasteiger partial charge >= 0.3 is 0 Å². The van der Waals surface area contributed by atoms with Crippen LogP contribution in [0.2, 0.25) is 0 Å². The minimum atomic E-state index is -0.311. The number of aromatic nitrogens is 2. The third-order valence-corrected chi connectivity index (χ3v) is 4.13. The van der Waals surface area contributed by atoms with Crippen molar-refractivity contribution in [2.24, 2.45) is 0 Å². The molecule has 1 amide bonds. The molecular weight excluding hydrogens is 318 g/mol. The molecule has 132 valence electrons. The van der Waals surface area contributed by atoms with Gasteiger partial charge in [-0.25, -0.2) is 0 Å². The Morgan fingerprint density at radius 3 is 2.44 bits per heavy atom. The molecule has 1 aromatic carbocycles. The predicted molar refractivity (Wildman–Crippen MR) is 96.8 cm³/mol. The normalized spacial score (nSPS) is 16.5. The lowest BCUT2D eigenvalue weighted by Crippen LogP contribution is -2.48. The van der Waals surface area contributed by atoms with Crippen molar-refractivity contribution in [1.29, 1.82) is 0 Å². The van der Waals surface area contributed by atoms with Gasteiger partial charge in [0.15, 0.2) is 11.5 Å². The van der Waals surface area contributed by atoms with Gasteiger partial charge in [-0.1, -0.05) is 18.2 Å². The number of carbonyl (C=O) groups excluding carboxylic acids is 1. The third-order valence-electron chi connectivity index (χ3n) is 4.13. The topological polar surface area (TPSA) is 81.6 Å². The molecule has 1 saturated heterocycles. The van der Waals surface area contributed by atoms with Crippen molar-refractivity contribution >= 4 is 17.4 Å². The summed E-state index contributed by atoms with van der Waals surface area (Å²) in [5.74, 6) is 0.500. The zero-order chi connectivity index (χ0) is 17.6. The van der Waals surface area contributed by atoms with E-state index in [9.17, 15) is 9.90 Å². The second-order valence-corrected chi connectivity index (χ2v) is 6.23. The SMILES string of the molecule is C[C@@H](O)CN1CCN(c2ccc(C(=O)Nc3ccccc3)nn2)CC1. The first-order chi connectivity index (χ1) is 12.1. The van der Waals surface area contributed by atoms with Crippen molar-refractivity contribution < 1.29 is 9.90 Å². The highest BCUT2D eigenvalue weighted by Gasteiger charge is 2.19. The fourth-order valence-electron chi connectivity index (χ4n) is 2.86. The van der Waals surface area contributed by atoms with Crippen molar-refractivity contribution in [2.45, 2.75) is 13.0 Å². The molecule has 0 bridgehead atoms. The molecule has 2 aromatic rings. The Balaban J connectivity index is 1.56. The highest BCUT2D eigenvalue weighted by atomic mass is 16.3. The summed E-state index contributed by atoms with van der Waals surface area (Å²) in [6.07, 6.45) is -0.311. The summed E-state index contributed by atoms with van der Waals surface area (Å²) >= 11 is 0. The number of amides is 1. The molecule has 2 N–H and O–H groups in total. The van der Waals surface area contributed by atoms with Gasteiger partial charge in [0.1, 0.15) is 0 Å². The number of nitrogens with zero attached hydrogens (tertiary/aromatic N) is 4. The molecular formula is C18H23N5O2. The molecule has 0 saturated carbocycles. The molecule has 1 aromatic heterocycles. The van der Waals surface area contributed by atoms with E-state index in [1.165, 1.54) is 0 Å². The van der Waals surface area contributed by atoms with Crippen molar-refractivity contribution in [2.75, 3.05) is 42.9 Å². The van der Waals surface area contributed by atoms with Crippen LogP contribution in [-0.4, -0.2) is 64.9 Å². The Kier molecular flexibility index (Phi) is 5.57. The lowest BCUT2D eigenvalue weighted by Gasteiger charge is -2.35. The molecule has 1 aliphatic rings. The minimum Gasteiger partial charge on any atom is -0.392 e. The quantitative estimate of drug-likeness (QED) is 0.851. The van der Waals surface area contributed by atoms with Crippen LogP contribution in [0.1, 0.15) is 17.4 Å². The van der Waals surface area contributed by atoms with Crippen LogP contribution < -0.4 is 10.2 Å². The summed E-state index contributed by atoms with van der Waals surface area (Å²) in [7, 11) is 0. The highest BCUT2D eigenvalue weighted by Crippen LogP contribution is 2.14. The summed E-state index contributed by atoms with van der Waals surface area (Å²) in [6, 6.07) is 12.8. The maximum Gasteiger partial charge on any atom is 0.276 e. The summed E-state index contributed by atoms with van der Waals surface area (Å²) in [5.41, 5.74) is 1.02. The zero-order valence-electron chi connectivity index (χ0n) is 14.3. The van der Waals surface area contributed by atoms with Crippen molar-refractivity contribution in [3.63, 3.8) is 0 Å². The number of piperazine rings is 1. The highest BCUT2D eigenvalue weighted by molar-refractivity contribution is 6.02. The molecule has 1 aliphatic heterocycles. The van der Waals surface area contributed by atoms with Gasteiger partial charge in [-0.3, -0.25) is 9.69 Å². The second kappa shape index (κ2) is 8.04. The van der Waals surface area contributed by atoms with E-state index in [2.05, 4.69) is 25.3 Å². The van der Waals surface area contributed by atoms with E-state index < -0.39 is 0 Å². The number of carbonyl (C=O) groups is 1. The van der Waals surface area contributed by atoms with Crippen molar-refractivity contribution in [3.05, 3.63) is 48.2 Å². The summed E-state index contributed by atoms with van der Waals surface area (Å²) in [4.78, 5) is 16.6. The smallest absolute Gasteiger partial charge is 0.276 e. The number of anilines is 2. The number of para-hydroxylation sites is 1. The molecule has 0 aliphatic carbocycles. The Morgan fingerprint density at radius 1 is 1.12 bits per heavy atom. The van der Waals surface area contributed by atoms with E-state index in [1.807, 2.05) is 36.4 Å². The molecule has 1 atom stereocenters. The number of benzene rings is 1. The lowest BCUT2D eigenvalue weighted by atomic mass is 10.2. The van der Waals surface area contributed by atoms with E-state index in [0.717, 1.165) is 37.7 Å². The Morgan fingerprint density at radius 2 is 1.84 bits per heavy atom. The van der Waals surface area contributed by atoms with E-state index in [1.54, 1.807) is 13.0 Å². The summed E-state index contributed by atoms with van der Waals surface area (Å²) < 4.78 is 0. The number of β-amino-alcohol motifs (C(OH)–C–C–N with tert-alkyl or cyclic N) is 1. The van der Waals surface area contributed by atoms with Gasteiger partial charge < -0.3 is 15.3 Å². The van der Waals surface area contributed by atoms with Crippen molar-refractivity contribution in [1.82, 2.24) is 15.1 Å². The number of hydrogen-bond donors (Lipinski definition) is 2. The fourth-order valence-corrected chi connectivity index (χ4v) is 2.86. The largest absolute Gasteiger partial charge is 0.392 e. The van der Waals surface area contributed by atoms with Gasteiger partial charge in [-0.15, -0.1) is 10.2 Å². The Hall–Kier alpha value is -2.51. The average molecular weight is 341 g/mol. The first-order valence-electron chi connectivity index (χ1n) is 8.47. The van der Waals surface area contributed by atoms with Gasteiger partial charge in [0.05, 0.1) is 6.10 Å². The molecule has 0 unspecified atom stereocenters. The molecule has 7 nitrogen and oxygen atoms in total. The van der Waals surface area contributed by atoms with Crippen molar-refractivity contribution in [3.8, 4) is 0 Å². The van der Waals surface area contributed by atoms with Crippen LogP contribution >= 0.6 is 0 Å². The van der Waals surface area contributed by atoms with Crippen LogP contribution in [0.4, 0.5) is 11.5 Å². The van der Waals surface area contributed by atoms with E-state index in [0.29, 0.717) is 12.2 Å². The monoisotopic (exact) mass is 341 g/mol. The molecule has 3 rings (SSSR count). The predicted octanol–water partition coefficient (Wildman–Crippen LogP) is 1.23. The molecule has 7 heteroatoms. The molecule has 1 fully saturated rings. The first kappa shape index (κ1) is 17.3. The van der Waals surface area contributed by atoms with E-state index >= 15 is 0 Å². The fraction of sp³-hybridized carbons (Fsp3) is 0.389. The number of hydrogen-bond acceptors (Lipinski definition) is 6. The van der Waals surface area contributed by atoms with Gasteiger partial charge in [0, 0.05) is 38.4 Å². The Bertz CT molecular complexity index is 682. The van der Waals surface area contributed by atoms with Crippen LogP contribution in [0.15, 0.2) is 42.5 Å². The maximum absolute atomic E-state index is 12.2. The zero-order valence-corrected chi connectivity index (χ0v) is 14.3. The lowest BCUT2D eigenvalue weighted by molar-refractivity contribution is 0.102. The maximum atomic E-state index is 12.2. The minimum absolute atomic E-state index is 0.271. The number of aliphatic hydroxyl groups excluding tert-OH is 1. The average Bonchev–Trinajstić information content (AvgIpc) is 2.63. The van der Waals surface area contributed by atoms with Gasteiger partial charge in [0.2, 0.25) is 0 Å². The van der Waals surface area contributed by atoms with Gasteiger partial charge in [-0.2, -0.15) is 0 Å². The van der Waals surface area contributed by atoms with Crippen LogP contribution in [0.25, 0.3) is 0 Å². The van der Waals surface area contributed by atoms with E-state index in [-0.39, 0.29) is 12.0 Å². The van der Waals surface area contributed by atoms with Crippen LogP contribution in [0.3, 0.4) is 0 Å². The van der Waals surface area contributed by atoms with Gasteiger partial charge in [0.25, 0.3) is 5.91 Å². The second-order valence-electron chi connectivity index (χ2n) is 6.23. The molecule has 25 heavy (non-hydrogen) atoms. The first-order valence-corrected chi connectivity index (χ1v) is 8.47. The molecule has 0 radical (unpaired) electrons. The standard InChI is InChI=1S/C18H23N5O2/c1-14(24)13-22-9-11-23(12-10-22)17-8-7-16(20-21-17)18(25)19-15-5-3-2-4-6-15/h2-8,14,24H,9-13H2,1H3,(H,19,25)/t14-/m1/s1. The number of nitrogens with one attached hydrogen (secondary N) is 1. The molecule has 0 spiro atoms.